The van der Waals surface area contributed by atoms with Gasteiger partial charge in [0.15, 0.2) is 0 Å². The normalized spacial score (nSPS) is 16.8. The third kappa shape index (κ3) is 4.00. The fraction of sp³-hybridized carbons (Fsp3) is 0.632. The Hall–Kier alpha value is -1.36. The molecule has 5 heteroatoms. The number of carbonyl (C=O) groups is 1. The summed E-state index contributed by atoms with van der Waals surface area (Å²) in [6.07, 6.45) is 4.82. The van der Waals surface area contributed by atoms with Crippen molar-refractivity contribution >= 4 is 15.9 Å². The summed E-state index contributed by atoms with van der Waals surface area (Å²) in [6.45, 7) is 7.98. The highest BCUT2D eigenvalue weighted by atomic mass is 32.2. The van der Waals surface area contributed by atoms with Crippen molar-refractivity contribution in [2.45, 2.75) is 82.6 Å². The van der Waals surface area contributed by atoms with Crippen LogP contribution in [-0.2, 0) is 20.2 Å². The maximum Gasteiger partial charge on any atom is 0.266 e. The lowest BCUT2D eigenvalue weighted by molar-refractivity contribution is -0.128. The maximum atomic E-state index is 13.1. The van der Waals surface area contributed by atoms with Crippen LogP contribution in [0.1, 0.15) is 71.8 Å². The minimum absolute atomic E-state index is 0.0371. The number of amides is 1. The van der Waals surface area contributed by atoms with Crippen LogP contribution in [-0.4, -0.2) is 24.7 Å². The molecule has 0 aliphatic heterocycles. The Kier molecular flexibility index (Phi) is 5.74. The Morgan fingerprint density at radius 2 is 1.62 bits per heavy atom. The zero-order chi connectivity index (χ0) is 18.0. The minimum atomic E-state index is -3.79. The summed E-state index contributed by atoms with van der Waals surface area (Å²) in [5.41, 5.74) is 1.04. The smallest absolute Gasteiger partial charge is 0.266 e. The van der Waals surface area contributed by atoms with E-state index in [9.17, 15) is 13.2 Å². The Bertz CT molecular complexity index is 666. The Balaban J connectivity index is 2.38. The average Bonchev–Trinajstić information content (AvgIpc) is 2.55. The molecule has 1 saturated carbocycles. The summed E-state index contributed by atoms with van der Waals surface area (Å²) in [5.74, 6) is -0.304. The Morgan fingerprint density at radius 1 is 1.08 bits per heavy atom. The van der Waals surface area contributed by atoms with Crippen LogP contribution < -0.4 is 0 Å². The van der Waals surface area contributed by atoms with Crippen molar-refractivity contribution < 1.29 is 13.2 Å². The molecule has 0 saturated heterocycles. The van der Waals surface area contributed by atoms with Gasteiger partial charge in [0.05, 0.1) is 4.90 Å². The van der Waals surface area contributed by atoms with E-state index in [0.29, 0.717) is 0 Å². The van der Waals surface area contributed by atoms with Gasteiger partial charge in [0.25, 0.3) is 10.0 Å². The summed E-state index contributed by atoms with van der Waals surface area (Å²) in [7, 11) is -3.79. The molecule has 1 aliphatic carbocycles. The van der Waals surface area contributed by atoms with Gasteiger partial charge in [0, 0.05) is 12.5 Å². The van der Waals surface area contributed by atoms with E-state index in [1.807, 2.05) is 12.1 Å². The van der Waals surface area contributed by atoms with Crippen molar-refractivity contribution in [1.29, 1.82) is 0 Å². The lowest BCUT2D eigenvalue weighted by Gasteiger charge is -2.33. The van der Waals surface area contributed by atoms with E-state index in [1.165, 1.54) is 0 Å². The van der Waals surface area contributed by atoms with Gasteiger partial charge in [0.1, 0.15) is 0 Å². The van der Waals surface area contributed by atoms with Gasteiger partial charge in [-0.25, -0.2) is 12.7 Å². The van der Waals surface area contributed by atoms with Crippen LogP contribution in [0.15, 0.2) is 29.2 Å². The van der Waals surface area contributed by atoms with Gasteiger partial charge in [-0.3, -0.25) is 4.79 Å². The van der Waals surface area contributed by atoms with Crippen LogP contribution >= 0.6 is 0 Å². The summed E-state index contributed by atoms with van der Waals surface area (Å²) >= 11 is 0. The van der Waals surface area contributed by atoms with Crippen molar-refractivity contribution in [3.63, 3.8) is 0 Å². The van der Waals surface area contributed by atoms with Gasteiger partial charge in [-0.05, 0) is 36.0 Å². The van der Waals surface area contributed by atoms with E-state index in [2.05, 4.69) is 20.8 Å². The number of carbonyl (C=O) groups excluding carboxylic acids is 1. The maximum absolute atomic E-state index is 13.1. The fourth-order valence-corrected chi connectivity index (χ4v) is 4.95. The van der Waals surface area contributed by atoms with Crippen LogP contribution in [0, 0.1) is 0 Å². The second-order valence-corrected chi connectivity index (χ2v) is 9.43. The van der Waals surface area contributed by atoms with Gasteiger partial charge in [-0.15, -0.1) is 0 Å². The van der Waals surface area contributed by atoms with Crippen molar-refractivity contribution in [2.75, 3.05) is 0 Å². The van der Waals surface area contributed by atoms with E-state index < -0.39 is 10.0 Å². The Morgan fingerprint density at radius 3 is 2.08 bits per heavy atom. The van der Waals surface area contributed by atoms with Gasteiger partial charge in [-0.1, -0.05) is 59.1 Å². The molecule has 0 aromatic heterocycles. The highest BCUT2D eigenvalue weighted by molar-refractivity contribution is 7.89. The molecule has 0 radical (unpaired) electrons. The third-order valence-electron chi connectivity index (χ3n) is 4.73. The molecule has 1 fully saturated rings. The van der Waals surface area contributed by atoms with Gasteiger partial charge in [0.2, 0.25) is 5.91 Å². The van der Waals surface area contributed by atoms with Crippen LogP contribution in [0.25, 0.3) is 0 Å². The molecule has 4 nitrogen and oxygen atoms in total. The number of hydrogen-bond acceptors (Lipinski definition) is 3. The standard InChI is InChI=1S/C19H29NO3S/c1-5-18(21)20(16-9-7-6-8-10-16)24(22,23)17-13-11-15(12-14-17)19(2,3)4/h11-14,16H,5-10H2,1-4H3. The van der Waals surface area contributed by atoms with Crippen LogP contribution in [0.3, 0.4) is 0 Å². The SMILES string of the molecule is CCC(=O)N(C1CCCCC1)S(=O)(=O)c1ccc(C(C)(C)C)cc1. The van der Waals surface area contributed by atoms with E-state index in [0.717, 1.165) is 42.0 Å². The van der Waals surface area contributed by atoms with Crippen molar-refractivity contribution in [3.05, 3.63) is 29.8 Å². The third-order valence-corrected chi connectivity index (χ3v) is 6.62. The summed E-state index contributed by atoms with van der Waals surface area (Å²) in [6, 6.07) is 6.77. The summed E-state index contributed by atoms with van der Waals surface area (Å²) < 4.78 is 27.4. The predicted molar refractivity (Wildman–Crippen MR) is 96.3 cm³/mol. The first kappa shape index (κ1) is 19.0. The molecular weight excluding hydrogens is 322 g/mol. The van der Waals surface area contributed by atoms with Crippen molar-refractivity contribution in [2.24, 2.45) is 0 Å². The quantitative estimate of drug-likeness (QED) is 0.815. The average molecular weight is 352 g/mol. The van der Waals surface area contributed by atoms with Crippen LogP contribution in [0.4, 0.5) is 0 Å². The van der Waals surface area contributed by atoms with E-state index in [-0.39, 0.29) is 28.7 Å². The zero-order valence-electron chi connectivity index (χ0n) is 15.2. The zero-order valence-corrected chi connectivity index (χ0v) is 16.0. The van der Waals surface area contributed by atoms with E-state index in [1.54, 1.807) is 19.1 Å². The van der Waals surface area contributed by atoms with E-state index >= 15 is 0 Å². The molecule has 0 N–H and O–H groups in total. The molecule has 0 spiro atoms. The molecule has 0 heterocycles. The molecule has 24 heavy (non-hydrogen) atoms. The first-order valence-corrected chi connectivity index (χ1v) is 10.3. The lowest BCUT2D eigenvalue weighted by atomic mass is 9.87. The van der Waals surface area contributed by atoms with Gasteiger partial charge in [-0.2, -0.15) is 0 Å². The molecular formula is C19H29NO3S. The summed E-state index contributed by atoms with van der Waals surface area (Å²) in [5, 5.41) is 0. The van der Waals surface area contributed by atoms with Gasteiger partial charge < -0.3 is 0 Å². The largest absolute Gasteiger partial charge is 0.274 e. The number of rotatable bonds is 4. The van der Waals surface area contributed by atoms with Crippen molar-refractivity contribution in [1.82, 2.24) is 4.31 Å². The predicted octanol–water partition coefficient (Wildman–Crippen LogP) is 4.24. The minimum Gasteiger partial charge on any atom is -0.274 e. The number of sulfonamides is 1. The molecule has 1 aliphatic rings. The number of benzene rings is 1. The number of hydrogen-bond donors (Lipinski definition) is 0. The first-order chi connectivity index (χ1) is 11.2. The molecule has 1 aromatic rings. The summed E-state index contributed by atoms with van der Waals surface area (Å²) in [4.78, 5) is 12.6. The topological polar surface area (TPSA) is 54.5 Å². The molecule has 134 valence electrons. The fourth-order valence-electron chi connectivity index (χ4n) is 3.25. The highest BCUT2D eigenvalue weighted by Crippen LogP contribution is 2.30. The van der Waals surface area contributed by atoms with E-state index in [4.69, 9.17) is 0 Å². The lowest BCUT2D eigenvalue weighted by Crippen LogP contribution is -2.45. The van der Waals surface area contributed by atoms with Gasteiger partial charge >= 0.3 is 0 Å². The monoisotopic (exact) mass is 351 g/mol. The van der Waals surface area contributed by atoms with Crippen LogP contribution in [0.2, 0.25) is 0 Å². The Labute approximate surface area is 146 Å². The van der Waals surface area contributed by atoms with Crippen molar-refractivity contribution in [3.8, 4) is 0 Å². The first-order valence-electron chi connectivity index (χ1n) is 8.85. The second kappa shape index (κ2) is 7.26. The molecule has 0 bridgehead atoms. The second-order valence-electron chi connectivity index (χ2n) is 7.61. The molecule has 0 unspecified atom stereocenters. The molecule has 2 rings (SSSR count). The molecule has 1 amide bonds. The number of nitrogens with zero attached hydrogens (tertiary/aromatic N) is 1. The van der Waals surface area contributed by atoms with Crippen LogP contribution in [0.5, 0.6) is 0 Å². The molecule has 0 atom stereocenters. The molecule has 1 aromatic carbocycles. The highest BCUT2D eigenvalue weighted by Gasteiger charge is 2.35.